The Morgan fingerprint density at radius 3 is 2.61 bits per heavy atom. The van der Waals surface area contributed by atoms with E-state index in [2.05, 4.69) is 9.97 Å². The van der Waals surface area contributed by atoms with Crippen molar-refractivity contribution < 1.29 is 0 Å². The highest BCUT2D eigenvalue weighted by atomic mass is 35.5. The minimum absolute atomic E-state index is 0.532. The molecule has 18 heavy (non-hydrogen) atoms. The second-order valence-corrected chi connectivity index (χ2v) is 4.44. The van der Waals surface area contributed by atoms with E-state index in [0.717, 1.165) is 28.1 Å². The molecular weight excluding hydrogens is 246 g/mol. The van der Waals surface area contributed by atoms with Gasteiger partial charge in [0.25, 0.3) is 0 Å². The molecule has 3 nitrogen and oxygen atoms in total. The zero-order valence-corrected chi connectivity index (χ0v) is 10.7. The summed E-state index contributed by atoms with van der Waals surface area (Å²) in [7, 11) is 1.98. The number of benzene rings is 1. The lowest BCUT2D eigenvalue weighted by molar-refractivity contribution is 0.942. The number of pyridine rings is 1. The molecule has 0 aliphatic heterocycles. The van der Waals surface area contributed by atoms with E-state index in [1.807, 2.05) is 48.0 Å². The maximum Gasteiger partial charge on any atom is 0.159 e. The van der Waals surface area contributed by atoms with Crippen molar-refractivity contribution >= 4 is 22.8 Å². The fourth-order valence-electron chi connectivity index (χ4n) is 2.02. The normalized spacial score (nSPS) is 11.0. The van der Waals surface area contributed by atoms with Crippen molar-refractivity contribution in [2.24, 2.45) is 7.05 Å². The number of alkyl halides is 1. The van der Waals surface area contributed by atoms with Crippen LogP contribution >= 0.6 is 11.6 Å². The minimum Gasteiger partial charge on any atom is -0.312 e. The molecule has 0 atom stereocenters. The molecule has 2 aromatic heterocycles. The molecule has 0 saturated carbocycles. The number of rotatable bonds is 2. The van der Waals surface area contributed by atoms with E-state index >= 15 is 0 Å². The molecule has 4 heteroatoms. The quantitative estimate of drug-likeness (QED) is 0.659. The molecule has 0 amide bonds. The average molecular weight is 258 g/mol. The highest BCUT2D eigenvalue weighted by Gasteiger charge is 2.09. The smallest absolute Gasteiger partial charge is 0.159 e. The molecule has 0 aliphatic rings. The van der Waals surface area contributed by atoms with Gasteiger partial charge >= 0.3 is 0 Å². The summed E-state index contributed by atoms with van der Waals surface area (Å²) >= 11 is 5.79. The first kappa shape index (κ1) is 11.2. The van der Waals surface area contributed by atoms with Crippen LogP contribution in [0.1, 0.15) is 5.56 Å². The Labute approximate surface area is 110 Å². The Balaban J connectivity index is 2.15. The number of fused-ring (bicyclic) bond motifs is 1. The van der Waals surface area contributed by atoms with E-state index in [1.165, 1.54) is 0 Å². The molecular formula is C14H12ClN3. The van der Waals surface area contributed by atoms with Crippen molar-refractivity contribution in [1.29, 1.82) is 0 Å². The summed E-state index contributed by atoms with van der Waals surface area (Å²) in [6, 6.07) is 12.0. The second kappa shape index (κ2) is 4.42. The van der Waals surface area contributed by atoms with Crippen LogP contribution < -0.4 is 0 Å². The Hall–Kier alpha value is -1.87. The Morgan fingerprint density at radius 1 is 1.17 bits per heavy atom. The fourth-order valence-corrected chi connectivity index (χ4v) is 2.20. The molecule has 0 aliphatic carbocycles. The van der Waals surface area contributed by atoms with Crippen molar-refractivity contribution in [2.75, 3.05) is 0 Å². The molecule has 3 aromatic rings. The minimum atomic E-state index is 0.532. The number of nitrogens with zero attached hydrogens (tertiary/aromatic N) is 3. The largest absolute Gasteiger partial charge is 0.312 e. The maximum absolute atomic E-state index is 5.79. The highest BCUT2D eigenvalue weighted by Crippen LogP contribution is 2.22. The molecule has 0 N–H and O–H groups in total. The van der Waals surface area contributed by atoms with Gasteiger partial charge in [-0.2, -0.15) is 0 Å². The van der Waals surface area contributed by atoms with Crippen LogP contribution in [0.4, 0.5) is 0 Å². The molecule has 90 valence electrons. The zero-order chi connectivity index (χ0) is 12.5. The first-order valence-corrected chi connectivity index (χ1v) is 6.26. The van der Waals surface area contributed by atoms with Crippen molar-refractivity contribution in [3.8, 4) is 11.4 Å². The van der Waals surface area contributed by atoms with Gasteiger partial charge in [-0.05, 0) is 17.7 Å². The van der Waals surface area contributed by atoms with Crippen LogP contribution in [0.2, 0.25) is 0 Å². The van der Waals surface area contributed by atoms with E-state index in [0.29, 0.717) is 5.88 Å². The molecule has 0 saturated heterocycles. The fraction of sp³-hybridized carbons (Fsp3) is 0.143. The average Bonchev–Trinajstić information content (AvgIpc) is 2.77. The summed E-state index contributed by atoms with van der Waals surface area (Å²) in [6.07, 6.45) is 1.78. The monoisotopic (exact) mass is 257 g/mol. The number of hydrogen-bond acceptors (Lipinski definition) is 2. The van der Waals surface area contributed by atoms with Crippen LogP contribution in [0.3, 0.4) is 0 Å². The number of halogens is 1. The van der Waals surface area contributed by atoms with E-state index in [4.69, 9.17) is 11.6 Å². The highest BCUT2D eigenvalue weighted by molar-refractivity contribution is 6.17. The molecule has 3 rings (SSSR count). The lowest BCUT2D eigenvalue weighted by Gasteiger charge is -2.02. The first-order valence-electron chi connectivity index (χ1n) is 5.72. The third-order valence-electron chi connectivity index (χ3n) is 2.99. The zero-order valence-electron chi connectivity index (χ0n) is 9.97. The van der Waals surface area contributed by atoms with E-state index in [9.17, 15) is 0 Å². The molecule has 0 bridgehead atoms. The number of aromatic nitrogens is 3. The van der Waals surface area contributed by atoms with Crippen molar-refractivity contribution in [3.05, 3.63) is 48.2 Å². The van der Waals surface area contributed by atoms with Gasteiger partial charge in [0.15, 0.2) is 5.65 Å². The molecule has 0 unspecified atom stereocenters. The summed E-state index contributed by atoms with van der Waals surface area (Å²) in [5, 5.41) is 0. The second-order valence-electron chi connectivity index (χ2n) is 4.17. The van der Waals surface area contributed by atoms with Crippen LogP contribution in [0.25, 0.3) is 22.6 Å². The maximum atomic E-state index is 5.79. The lowest BCUT2D eigenvalue weighted by atomic mass is 10.1. The predicted octanol–water partition coefficient (Wildman–Crippen LogP) is 3.37. The lowest BCUT2D eigenvalue weighted by Crippen LogP contribution is -1.93. The number of aryl methyl sites for hydroxylation is 1. The van der Waals surface area contributed by atoms with Crippen molar-refractivity contribution in [2.45, 2.75) is 5.88 Å². The summed E-state index contributed by atoms with van der Waals surface area (Å²) in [6.45, 7) is 0. The standard InChI is InChI=1S/C14H12ClN3/c1-18-13(11-6-4-10(9-15)5-7-11)17-12-3-2-8-16-14(12)18/h2-8H,9H2,1H3. The van der Waals surface area contributed by atoms with E-state index < -0.39 is 0 Å². The van der Waals surface area contributed by atoms with E-state index in [1.54, 1.807) is 6.20 Å². The van der Waals surface area contributed by atoms with Crippen LogP contribution in [-0.2, 0) is 12.9 Å². The van der Waals surface area contributed by atoms with Gasteiger partial charge in [-0.15, -0.1) is 11.6 Å². The van der Waals surface area contributed by atoms with Gasteiger partial charge < -0.3 is 4.57 Å². The molecule has 2 heterocycles. The van der Waals surface area contributed by atoms with Gasteiger partial charge in [0, 0.05) is 24.7 Å². The first-order chi connectivity index (χ1) is 8.79. The third kappa shape index (κ3) is 1.77. The topological polar surface area (TPSA) is 30.7 Å². The Morgan fingerprint density at radius 2 is 1.94 bits per heavy atom. The molecule has 0 fully saturated rings. The van der Waals surface area contributed by atoms with Crippen molar-refractivity contribution in [3.63, 3.8) is 0 Å². The van der Waals surface area contributed by atoms with Crippen LogP contribution in [0, 0.1) is 0 Å². The van der Waals surface area contributed by atoms with Gasteiger partial charge in [0.2, 0.25) is 0 Å². The summed E-state index contributed by atoms with van der Waals surface area (Å²) in [5.74, 6) is 1.45. The van der Waals surface area contributed by atoms with Gasteiger partial charge in [-0.25, -0.2) is 9.97 Å². The van der Waals surface area contributed by atoms with Gasteiger partial charge in [-0.1, -0.05) is 24.3 Å². The SMILES string of the molecule is Cn1c(-c2ccc(CCl)cc2)nc2cccnc21. The van der Waals surface area contributed by atoms with Crippen LogP contribution in [-0.4, -0.2) is 14.5 Å². The molecule has 0 spiro atoms. The summed E-state index contributed by atoms with van der Waals surface area (Å²) in [4.78, 5) is 8.95. The van der Waals surface area contributed by atoms with Gasteiger partial charge in [0.05, 0.1) is 0 Å². The summed E-state index contributed by atoms with van der Waals surface area (Å²) in [5.41, 5.74) is 3.99. The predicted molar refractivity (Wildman–Crippen MR) is 73.5 cm³/mol. The Kier molecular flexibility index (Phi) is 2.76. The van der Waals surface area contributed by atoms with E-state index in [-0.39, 0.29) is 0 Å². The van der Waals surface area contributed by atoms with Crippen LogP contribution in [0.5, 0.6) is 0 Å². The van der Waals surface area contributed by atoms with Gasteiger partial charge in [-0.3, -0.25) is 0 Å². The third-order valence-corrected chi connectivity index (χ3v) is 3.30. The Bertz CT molecular complexity index is 686. The van der Waals surface area contributed by atoms with Crippen LogP contribution in [0.15, 0.2) is 42.6 Å². The molecule has 0 radical (unpaired) electrons. The van der Waals surface area contributed by atoms with Gasteiger partial charge in [0.1, 0.15) is 11.3 Å². The molecule has 1 aromatic carbocycles. The van der Waals surface area contributed by atoms with Crippen molar-refractivity contribution in [1.82, 2.24) is 14.5 Å². The summed E-state index contributed by atoms with van der Waals surface area (Å²) < 4.78 is 2.00. The number of hydrogen-bond donors (Lipinski definition) is 0. The number of imidazole rings is 1.